The van der Waals surface area contributed by atoms with Gasteiger partial charge in [-0.3, -0.25) is 0 Å². The van der Waals surface area contributed by atoms with Crippen LogP contribution in [0.25, 0.3) is 0 Å². The van der Waals surface area contributed by atoms with Gasteiger partial charge in [0.2, 0.25) is 5.79 Å². The summed E-state index contributed by atoms with van der Waals surface area (Å²) in [5.74, 6) is -1.36. The van der Waals surface area contributed by atoms with Gasteiger partial charge < -0.3 is 19.7 Å². The highest BCUT2D eigenvalue weighted by Crippen LogP contribution is 2.35. The van der Waals surface area contributed by atoms with Crippen LogP contribution < -0.4 is 0 Å². The molecular formula is C17H24O6. The van der Waals surface area contributed by atoms with Crippen LogP contribution in [0.2, 0.25) is 0 Å². The first-order chi connectivity index (χ1) is 11.0. The van der Waals surface area contributed by atoms with E-state index in [0.717, 1.165) is 5.56 Å². The lowest BCUT2D eigenvalue weighted by Gasteiger charge is -2.48. The zero-order valence-electron chi connectivity index (χ0n) is 13.4. The number of ether oxygens (including phenoxy) is 2. The van der Waals surface area contributed by atoms with Gasteiger partial charge in [0.05, 0.1) is 19.8 Å². The van der Waals surface area contributed by atoms with Crippen LogP contribution in [-0.4, -0.2) is 54.1 Å². The molecule has 2 N–H and O–H groups in total. The minimum Gasteiger partial charge on any atom is -0.387 e. The molecule has 5 atom stereocenters. The summed E-state index contributed by atoms with van der Waals surface area (Å²) in [4.78, 5) is 9.73. The molecule has 128 valence electrons. The molecule has 1 aliphatic rings. The standard InChI is InChI=1S/C17H24O6/c1-4-10-21-17(11-13-8-6-5-7-9-13)16(19)15(23-20-3)14(18)12(2)22-17/h4-9,12,14-16,18-19H,1,10-11H2,2-3H3/t12-,14+,15+,16-,17+/m1/s1. The molecule has 1 fully saturated rings. The van der Waals surface area contributed by atoms with Crippen molar-refractivity contribution in [1.29, 1.82) is 0 Å². The Hall–Kier alpha value is -1.28. The summed E-state index contributed by atoms with van der Waals surface area (Å²) in [6.45, 7) is 5.51. The molecule has 0 amide bonds. The number of rotatable bonds is 7. The summed E-state index contributed by atoms with van der Waals surface area (Å²) < 4.78 is 11.7. The Morgan fingerprint density at radius 1 is 1.30 bits per heavy atom. The van der Waals surface area contributed by atoms with Crippen LogP contribution in [-0.2, 0) is 25.7 Å². The van der Waals surface area contributed by atoms with E-state index in [4.69, 9.17) is 14.4 Å². The number of benzene rings is 1. The quantitative estimate of drug-likeness (QED) is 0.446. The zero-order chi connectivity index (χ0) is 16.9. The van der Waals surface area contributed by atoms with E-state index in [1.807, 2.05) is 30.3 Å². The Labute approximate surface area is 136 Å². The van der Waals surface area contributed by atoms with Gasteiger partial charge in [0.25, 0.3) is 0 Å². The van der Waals surface area contributed by atoms with Crippen LogP contribution in [0.15, 0.2) is 43.0 Å². The Kier molecular flexibility index (Phi) is 6.29. The van der Waals surface area contributed by atoms with Crippen molar-refractivity contribution in [3.05, 3.63) is 48.6 Å². The molecule has 0 bridgehead atoms. The van der Waals surface area contributed by atoms with E-state index in [-0.39, 0.29) is 6.61 Å². The zero-order valence-corrected chi connectivity index (χ0v) is 13.4. The van der Waals surface area contributed by atoms with Crippen molar-refractivity contribution in [3.63, 3.8) is 0 Å². The van der Waals surface area contributed by atoms with Gasteiger partial charge in [0, 0.05) is 6.42 Å². The van der Waals surface area contributed by atoms with Gasteiger partial charge in [0.15, 0.2) is 6.10 Å². The smallest absolute Gasteiger partial charge is 0.202 e. The monoisotopic (exact) mass is 324 g/mol. The first-order valence-electron chi connectivity index (χ1n) is 7.56. The fraction of sp³-hybridized carbons (Fsp3) is 0.529. The summed E-state index contributed by atoms with van der Waals surface area (Å²) in [6, 6.07) is 9.52. The van der Waals surface area contributed by atoms with Crippen LogP contribution >= 0.6 is 0 Å². The molecule has 1 aliphatic heterocycles. The average Bonchev–Trinajstić information content (AvgIpc) is 2.56. The van der Waals surface area contributed by atoms with Gasteiger partial charge >= 0.3 is 0 Å². The molecule has 2 rings (SSSR count). The van der Waals surface area contributed by atoms with Crippen LogP contribution in [0.3, 0.4) is 0 Å². The van der Waals surface area contributed by atoms with Crippen molar-refractivity contribution >= 4 is 0 Å². The number of aliphatic hydroxyl groups is 2. The molecule has 6 nitrogen and oxygen atoms in total. The maximum atomic E-state index is 10.7. The fourth-order valence-corrected chi connectivity index (χ4v) is 2.78. The maximum absolute atomic E-state index is 10.7. The van der Waals surface area contributed by atoms with Crippen molar-refractivity contribution < 1.29 is 29.5 Å². The number of hydrogen-bond acceptors (Lipinski definition) is 6. The Morgan fingerprint density at radius 3 is 2.61 bits per heavy atom. The molecule has 0 radical (unpaired) electrons. The molecule has 1 heterocycles. The number of hydrogen-bond donors (Lipinski definition) is 2. The third kappa shape index (κ3) is 3.98. The molecule has 1 aromatic carbocycles. The maximum Gasteiger partial charge on any atom is 0.202 e. The van der Waals surface area contributed by atoms with Gasteiger partial charge in [0.1, 0.15) is 12.2 Å². The molecule has 1 aromatic rings. The second-order valence-electron chi connectivity index (χ2n) is 5.56. The molecule has 0 spiro atoms. The Bertz CT molecular complexity index is 493. The van der Waals surface area contributed by atoms with E-state index in [1.165, 1.54) is 7.11 Å². The predicted molar refractivity (Wildman–Crippen MR) is 83.5 cm³/mol. The highest BCUT2D eigenvalue weighted by atomic mass is 17.2. The minimum atomic E-state index is -1.36. The third-order valence-corrected chi connectivity index (χ3v) is 3.91. The van der Waals surface area contributed by atoms with Crippen LogP contribution in [0.4, 0.5) is 0 Å². The van der Waals surface area contributed by atoms with E-state index in [2.05, 4.69) is 11.5 Å². The van der Waals surface area contributed by atoms with Gasteiger partial charge in [-0.15, -0.1) is 6.58 Å². The fourth-order valence-electron chi connectivity index (χ4n) is 2.78. The Balaban J connectivity index is 2.32. The summed E-state index contributed by atoms with van der Waals surface area (Å²) >= 11 is 0. The van der Waals surface area contributed by atoms with E-state index in [9.17, 15) is 10.2 Å². The molecule has 6 heteroatoms. The molecule has 0 aliphatic carbocycles. The molecule has 0 aromatic heterocycles. The minimum absolute atomic E-state index is 0.187. The SMILES string of the molecule is C=CCO[C@@]1(Cc2ccccc2)O[C@H](C)[C@H](O)[C@H](OOC)[C@H]1O. The van der Waals surface area contributed by atoms with Crippen molar-refractivity contribution in [1.82, 2.24) is 0 Å². The first-order valence-corrected chi connectivity index (χ1v) is 7.56. The molecule has 0 unspecified atom stereocenters. The summed E-state index contributed by atoms with van der Waals surface area (Å²) in [7, 11) is 1.32. The molecule has 23 heavy (non-hydrogen) atoms. The predicted octanol–water partition coefficient (Wildman–Crippen LogP) is 1.22. The normalized spacial score (nSPS) is 34.3. The second-order valence-corrected chi connectivity index (χ2v) is 5.56. The van der Waals surface area contributed by atoms with E-state index < -0.39 is 30.2 Å². The second kappa shape index (κ2) is 8.01. The van der Waals surface area contributed by atoms with Crippen molar-refractivity contribution in [2.24, 2.45) is 0 Å². The van der Waals surface area contributed by atoms with Gasteiger partial charge in [-0.05, 0) is 12.5 Å². The van der Waals surface area contributed by atoms with Crippen LogP contribution in [0, 0.1) is 0 Å². The average molecular weight is 324 g/mol. The largest absolute Gasteiger partial charge is 0.387 e. The summed E-state index contributed by atoms with van der Waals surface area (Å²) in [6.07, 6.45) is -2.01. The molecular weight excluding hydrogens is 300 g/mol. The lowest BCUT2D eigenvalue weighted by atomic mass is 9.88. The lowest BCUT2D eigenvalue weighted by molar-refractivity contribution is -0.413. The van der Waals surface area contributed by atoms with Crippen molar-refractivity contribution in [2.45, 2.75) is 43.5 Å². The van der Waals surface area contributed by atoms with E-state index in [1.54, 1.807) is 13.0 Å². The van der Waals surface area contributed by atoms with Crippen molar-refractivity contribution in [2.75, 3.05) is 13.7 Å². The Morgan fingerprint density at radius 2 is 2.00 bits per heavy atom. The van der Waals surface area contributed by atoms with E-state index in [0.29, 0.717) is 6.42 Å². The van der Waals surface area contributed by atoms with Gasteiger partial charge in [-0.2, -0.15) is 0 Å². The van der Waals surface area contributed by atoms with Crippen molar-refractivity contribution in [3.8, 4) is 0 Å². The highest BCUT2D eigenvalue weighted by molar-refractivity contribution is 5.18. The lowest BCUT2D eigenvalue weighted by Crippen LogP contribution is -2.66. The van der Waals surface area contributed by atoms with Gasteiger partial charge in [-0.25, -0.2) is 9.78 Å². The number of aliphatic hydroxyl groups excluding tert-OH is 2. The first kappa shape index (κ1) is 18.1. The third-order valence-electron chi connectivity index (χ3n) is 3.91. The van der Waals surface area contributed by atoms with Crippen LogP contribution in [0.5, 0.6) is 0 Å². The summed E-state index contributed by atoms with van der Waals surface area (Å²) in [5, 5.41) is 20.9. The highest BCUT2D eigenvalue weighted by Gasteiger charge is 2.55. The topological polar surface area (TPSA) is 77.4 Å². The summed E-state index contributed by atoms with van der Waals surface area (Å²) in [5.41, 5.74) is 0.926. The van der Waals surface area contributed by atoms with E-state index >= 15 is 0 Å². The molecule has 1 saturated heterocycles. The van der Waals surface area contributed by atoms with Crippen LogP contribution in [0.1, 0.15) is 12.5 Å². The van der Waals surface area contributed by atoms with Gasteiger partial charge in [-0.1, -0.05) is 36.4 Å². The molecule has 0 saturated carbocycles.